The van der Waals surface area contributed by atoms with Crippen LogP contribution < -0.4 is 5.32 Å². The lowest BCUT2D eigenvalue weighted by Gasteiger charge is -2.31. The number of rotatable bonds is 4. The molecule has 2 aromatic carbocycles. The highest BCUT2D eigenvalue weighted by atomic mass is 35.5. The van der Waals surface area contributed by atoms with Crippen molar-refractivity contribution in [1.82, 2.24) is 9.21 Å². The second-order valence-electron chi connectivity index (χ2n) is 6.20. The Balaban J connectivity index is 1.79. The summed E-state index contributed by atoms with van der Waals surface area (Å²) in [5.74, 6) is -0.372. The van der Waals surface area contributed by atoms with Crippen LogP contribution in [-0.2, 0) is 10.0 Å². The van der Waals surface area contributed by atoms with Crippen molar-refractivity contribution in [2.45, 2.75) is 4.90 Å². The fraction of sp³-hybridized carbons (Fsp3) is 0.278. The number of hydrogen-bond donors (Lipinski definition) is 1. The summed E-state index contributed by atoms with van der Waals surface area (Å²) in [6.07, 6.45) is 0. The van der Waals surface area contributed by atoms with E-state index >= 15 is 0 Å². The van der Waals surface area contributed by atoms with Gasteiger partial charge in [-0.2, -0.15) is 4.31 Å². The predicted octanol–water partition coefficient (Wildman–Crippen LogP) is 2.53. The third-order valence-electron chi connectivity index (χ3n) is 4.30. The lowest BCUT2D eigenvalue weighted by atomic mass is 10.2. The molecule has 0 aliphatic carbocycles. The normalized spacial score (nSPS) is 16.4. The second kappa shape index (κ2) is 7.75. The second-order valence-corrected chi connectivity index (χ2v) is 8.57. The van der Waals surface area contributed by atoms with Gasteiger partial charge in [0.25, 0.3) is 5.91 Å². The van der Waals surface area contributed by atoms with Crippen molar-refractivity contribution < 1.29 is 13.2 Å². The Morgan fingerprint density at radius 1 is 1.04 bits per heavy atom. The van der Waals surface area contributed by atoms with Crippen LogP contribution in [0, 0.1) is 0 Å². The molecule has 0 radical (unpaired) electrons. The van der Waals surface area contributed by atoms with Gasteiger partial charge in [0.05, 0.1) is 4.90 Å². The third-order valence-corrected chi connectivity index (χ3v) is 6.44. The fourth-order valence-electron chi connectivity index (χ4n) is 2.71. The van der Waals surface area contributed by atoms with Crippen LogP contribution in [-0.4, -0.2) is 56.8 Å². The summed E-state index contributed by atoms with van der Waals surface area (Å²) in [5, 5.41) is 3.31. The standard InChI is InChI=1S/C18H20ClN3O3S/c1-21-9-11-22(12-10-21)26(24,25)17-4-2-3-14(13-17)18(23)20-16-7-5-15(19)6-8-16/h2-8,13H,9-12H2,1H3,(H,20,23). The summed E-state index contributed by atoms with van der Waals surface area (Å²) in [7, 11) is -1.65. The van der Waals surface area contributed by atoms with Crippen LogP contribution in [0.5, 0.6) is 0 Å². The number of piperazine rings is 1. The average molecular weight is 394 g/mol. The number of sulfonamides is 1. The zero-order valence-corrected chi connectivity index (χ0v) is 15.9. The minimum absolute atomic E-state index is 0.130. The molecule has 0 spiro atoms. The molecule has 1 amide bonds. The molecule has 1 heterocycles. The van der Waals surface area contributed by atoms with Crippen LogP contribution in [0.3, 0.4) is 0 Å². The number of nitrogens with one attached hydrogen (secondary N) is 1. The van der Waals surface area contributed by atoms with Crippen molar-refractivity contribution >= 4 is 33.2 Å². The van der Waals surface area contributed by atoms with Crippen LogP contribution in [0.25, 0.3) is 0 Å². The quantitative estimate of drug-likeness (QED) is 0.866. The molecule has 1 aliphatic rings. The summed E-state index contributed by atoms with van der Waals surface area (Å²) in [6, 6.07) is 12.8. The van der Waals surface area contributed by atoms with Gasteiger partial charge in [-0.15, -0.1) is 0 Å². The lowest BCUT2D eigenvalue weighted by Crippen LogP contribution is -2.47. The lowest BCUT2D eigenvalue weighted by molar-refractivity contribution is 0.102. The Bertz CT molecular complexity index is 892. The van der Waals surface area contributed by atoms with E-state index in [1.807, 2.05) is 7.05 Å². The first-order valence-electron chi connectivity index (χ1n) is 8.22. The van der Waals surface area contributed by atoms with Crippen LogP contribution >= 0.6 is 11.6 Å². The summed E-state index contributed by atoms with van der Waals surface area (Å²) < 4.78 is 27.1. The first kappa shape index (κ1) is 18.8. The number of hydrogen-bond acceptors (Lipinski definition) is 4. The molecule has 8 heteroatoms. The molecule has 2 aromatic rings. The van der Waals surface area contributed by atoms with Crippen molar-refractivity contribution in [2.75, 3.05) is 38.5 Å². The topological polar surface area (TPSA) is 69.7 Å². The minimum Gasteiger partial charge on any atom is -0.322 e. The Hall–Kier alpha value is -1.93. The summed E-state index contributed by atoms with van der Waals surface area (Å²) in [6.45, 7) is 2.27. The van der Waals surface area contributed by atoms with Crippen molar-refractivity contribution in [1.29, 1.82) is 0 Å². The van der Waals surface area contributed by atoms with Gasteiger partial charge in [-0.05, 0) is 49.5 Å². The zero-order chi connectivity index (χ0) is 18.7. The highest BCUT2D eigenvalue weighted by molar-refractivity contribution is 7.89. The predicted molar refractivity (Wildman–Crippen MR) is 102 cm³/mol. The number of amides is 1. The highest BCUT2D eigenvalue weighted by Gasteiger charge is 2.27. The highest BCUT2D eigenvalue weighted by Crippen LogP contribution is 2.20. The van der Waals surface area contributed by atoms with Crippen molar-refractivity contribution in [3.05, 3.63) is 59.1 Å². The molecule has 0 atom stereocenters. The third kappa shape index (κ3) is 4.24. The van der Waals surface area contributed by atoms with Crippen molar-refractivity contribution in [2.24, 2.45) is 0 Å². The number of anilines is 1. The van der Waals surface area contributed by atoms with Crippen molar-refractivity contribution in [3.63, 3.8) is 0 Å². The molecule has 1 N–H and O–H groups in total. The maximum Gasteiger partial charge on any atom is 0.255 e. The number of likely N-dealkylation sites (N-methyl/N-ethyl adjacent to an activating group) is 1. The van der Waals surface area contributed by atoms with E-state index in [4.69, 9.17) is 11.6 Å². The largest absolute Gasteiger partial charge is 0.322 e. The maximum atomic E-state index is 12.8. The van der Waals surface area contributed by atoms with Gasteiger partial charge in [-0.3, -0.25) is 4.79 Å². The molecule has 0 bridgehead atoms. The monoisotopic (exact) mass is 393 g/mol. The molecule has 138 valence electrons. The Kier molecular flexibility index (Phi) is 5.62. The summed E-state index contributed by atoms with van der Waals surface area (Å²) in [5.41, 5.74) is 0.877. The van der Waals surface area contributed by atoms with Gasteiger partial charge in [0.1, 0.15) is 0 Å². The fourth-order valence-corrected chi connectivity index (χ4v) is 4.31. The Morgan fingerprint density at radius 3 is 2.35 bits per heavy atom. The van der Waals surface area contributed by atoms with Gasteiger partial charge in [0.2, 0.25) is 10.0 Å². The molecule has 1 fully saturated rings. The summed E-state index contributed by atoms with van der Waals surface area (Å²) >= 11 is 5.83. The van der Waals surface area contributed by atoms with Crippen LogP contribution in [0.4, 0.5) is 5.69 Å². The molecule has 26 heavy (non-hydrogen) atoms. The molecule has 1 aliphatic heterocycles. The van der Waals surface area contributed by atoms with Gasteiger partial charge in [0, 0.05) is 42.5 Å². The minimum atomic E-state index is -3.61. The number of carbonyl (C=O) groups excluding carboxylic acids is 1. The first-order valence-corrected chi connectivity index (χ1v) is 10.0. The first-order chi connectivity index (χ1) is 12.4. The Morgan fingerprint density at radius 2 is 1.69 bits per heavy atom. The number of benzene rings is 2. The maximum absolute atomic E-state index is 12.8. The van der Waals surface area contributed by atoms with Gasteiger partial charge in [-0.1, -0.05) is 17.7 Å². The molecule has 1 saturated heterocycles. The smallest absolute Gasteiger partial charge is 0.255 e. The van der Waals surface area contributed by atoms with E-state index in [2.05, 4.69) is 10.2 Å². The number of halogens is 1. The van der Waals surface area contributed by atoms with E-state index in [9.17, 15) is 13.2 Å². The SMILES string of the molecule is CN1CCN(S(=O)(=O)c2cccc(C(=O)Nc3ccc(Cl)cc3)c2)CC1. The molecule has 0 saturated carbocycles. The van der Waals surface area contributed by atoms with Crippen LogP contribution in [0.2, 0.25) is 5.02 Å². The molecule has 0 unspecified atom stereocenters. The van der Waals surface area contributed by atoms with Crippen LogP contribution in [0.1, 0.15) is 10.4 Å². The summed E-state index contributed by atoms with van der Waals surface area (Å²) in [4.78, 5) is 14.7. The molecular formula is C18H20ClN3O3S. The Labute approximate surface area is 158 Å². The van der Waals surface area contributed by atoms with Gasteiger partial charge in [-0.25, -0.2) is 8.42 Å². The van der Waals surface area contributed by atoms with E-state index in [1.54, 1.807) is 36.4 Å². The van der Waals surface area contributed by atoms with Gasteiger partial charge >= 0.3 is 0 Å². The number of carbonyl (C=O) groups is 1. The van der Waals surface area contributed by atoms with E-state index in [1.165, 1.54) is 16.4 Å². The molecule has 3 rings (SSSR count). The molecular weight excluding hydrogens is 374 g/mol. The van der Waals surface area contributed by atoms with Crippen molar-refractivity contribution in [3.8, 4) is 0 Å². The van der Waals surface area contributed by atoms with E-state index < -0.39 is 10.0 Å². The molecule has 6 nitrogen and oxygen atoms in total. The molecule has 0 aromatic heterocycles. The van der Waals surface area contributed by atoms with Gasteiger partial charge in [0.15, 0.2) is 0 Å². The van der Waals surface area contributed by atoms with E-state index in [-0.39, 0.29) is 16.4 Å². The van der Waals surface area contributed by atoms with E-state index in [0.717, 1.165) is 0 Å². The number of nitrogens with zero attached hydrogens (tertiary/aromatic N) is 2. The van der Waals surface area contributed by atoms with E-state index in [0.29, 0.717) is 36.9 Å². The average Bonchev–Trinajstić information content (AvgIpc) is 2.64. The van der Waals surface area contributed by atoms with Crippen LogP contribution in [0.15, 0.2) is 53.4 Å². The van der Waals surface area contributed by atoms with Gasteiger partial charge < -0.3 is 10.2 Å². The zero-order valence-electron chi connectivity index (χ0n) is 14.4.